The third-order valence-electron chi connectivity index (χ3n) is 5.55. The summed E-state index contributed by atoms with van der Waals surface area (Å²) in [5.41, 5.74) is -1.14. The molecule has 36 heavy (non-hydrogen) atoms. The summed E-state index contributed by atoms with van der Waals surface area (Å²) in [5, 5.41) is 18.4. The van der Waals surface area contributed by atoms with E-state index in [1.54, 1.807) is 0 Å². The lowest BCUT2D eigenvalue weighted by atomic mass is 9.96. The van der Waals surface area contributed by atoms with E-state index in [0.717, 1.165) is 6.07 Å². The molecule has 0 saturated carbocycles. The van der Waals surface area contributed by atoms with Crippen LogP contribution in [0.4, 0.5) is 14.6 Å². The van der Waals surface area contributed by atoms with Gasteiger partial charge in [0, 0.05) is 19.0 Å². The van der Waals surface area contributed by atoms with Crippen LogP contribution in [-0.2, 0) is 19.6 Å². The van der Waals surface area contributed by atoms with Crippen LogP contribution in [0.3, 0.4) is 0 Å². The average Bonchev–Trinajstić information content (AvgIpc) is 2.87. The maximum atomic E-state index is 13.6. The summed E-state index contributed by atoms with van der Waals surface area (Å²) >= 11 is 0. The molecular weight excluding hydrogens is 496 g/mol. The summed E-state index contributed by atoms with van der Waals surface area (Å²) < 4.78 is 59.1. The van der Waals surface area contributed by atoms with Crippen LogP contribution < -0.4 is 9.62 Å². The van der Waals surface area contributed by atoms with Crippen LogP contribution in [0, 0.1) is 28.6 Å². The van der Waals surface area contributed by atoms with Crippen molar-refractivity contribution in [1.29, 1.82) is 10.5 Å². The van der Waals surface area contributed by atoms with Crippen molar-refractivity contribution in [1.82, 2.24) is 9.71 Å². The summed E-state index contributed by atoms with van der Waals surface area (Å²) in [6.45, 7) is 1.75. The van der Waals surface area contributed by atoms with Crippen LogP contribution in [0.15, 0.2) is 35.2 Å². The summed E-state index contributed by atoms with van der Waals surface area (Å²) in [6, 6.07) is 9.81. The molecule has 2 aromatic rings. The zero-order chi connectivity index (χ0) is 26.5. The first-order chi connectivity index (χ1) is 17.1. The van der Waals surface area contributed by atoms with Gasteiger partial charge in [-0.1, -0.05) is 0 Å². The highest BCUT2D eigenvalue weighted by Gasteiger charge is 2.31. The number of anilines is 1. The van der Waals surface area contributed by atoms with Crippen molar-refractivity contribution < 1.29 is 31.5 Å². The number of rotatable bonds is 7. The van der Waals surface area contributed by atoms with E-state index in [1.165, 1.54) is 36.1 Å². The molecular formula is C23H21F2N5O5S. The lowest BCUT2D eigenvalue weighted by molar-refractivity contribution is -0.123. The van der Waals surface area contributed by atoms with Crippen LogP contribution in [0.5, 0.6) is 0 Å². The van der Waals surface area contributed by atoms with Gasteiger partial charge in [0.15, 0.2) is 0 Å². The number of nitriles is 2. The van der Waals surface area contributed by atoms with E-state index >= 15 is 0 Å². The van der Waals surface area contributed by atoms with Gasteiger partial charge in [-0.05, 0) is 50.1 Å². The number of piperidine rings is 1. The third-order valence-corrected chi connectivity index (χ3v) is 6.91. The molecule has 1 saturated heterocycles. The number of carbonyl (C=O) groups is 2. The smallest absolute Gasteiger partial charge is 0.340 e. The SMILES string of the molecule is CCOC(=O)c1cc(C#N)c(N2CCC(C(=O)NS(=O)(=O)c3ccc(C#N)cc3)CC2)nc1C(F)F. The molecule has 1 fully saturated rings. The monoisotopic (exact) mass is 517 g/mol. The predicted molar refractivity (Wildman–Crippen MR) is 121 cm³/mol. The minimum Gasteiger partial charge on any atom is -0.462 e. The first-order valence-electron chi connectivity index (χ1n) is 10.8. The number of nitrogens with zero attached hydrogens (tertiary/aromatic N) is 4. The molecule has 0 atom stereocenters. The highest BCUT2D eigenvalue weighted by atomic mass is 32.2. The number of esters is 1. The van der Waals surface area contributed by atoms with Gasteiger partial charge in [-0.25, -0.2) is 31.7 Å². The first-order valence-corrected chi connectivity index (χ1v) is 12.3. The third kappa shape index (κ3) is 5.75. The highest BCUT2D eigenvalue weighted by molar-refractivity contribution is 7.90. The van der Waals surface area contributed by atoms with Gasteiger partial charge < -0.3 is 9.64 Å². The fourth-order valence-corrected chi connectivity index (χ4v) is 4.76. The summed E-state index contributed by atoms with van der Waals surface area (Å²) in [7, 11) is -4.15. The van der Waals surface area contributed by atoms with E-state index < -0.39 is 45.5 Å². The van der Waals surface area contributed by atoms with Crippen LogP contribution in [0.1, 0.15) is 53.4 Å². The van der Waals surface area contributed by atoms with Crippen molar-refractivity contribution in [2.45, 2.75) is 31.1 Å². The second kappa shape index (κ2) is 11.1. The Kier molecular flexibility index (Phi) is 8.17. The van der Waals surface area contributed by atoms with Gasteiger partial charge in [-0.3, -0.25) is 4.79 Å². The molecule has 0 aliphatic carbocycles. The zero-order valence-corrected chi connectivity index (χ0v) is 19.9. The van der Waals surface area contributed by atoms with Crippen LogP contribution >= 0.6 is 0 Å². The molecule has 1 aliphatic heterocycles. The number of alkyl halides is 2. The predicted octanol–water partition coefficient (Wildman–Crippen LogP) is 2.66. The second-order valence-corrected chi connectivity index (χ2v) is 9.47. The van der Waals surface area contributed by atoms with E-state index in [4.69, 9.17) is 10.00 Å². The van der Waals surface area contributed by atoms with Crippen molar-refractivity contribution in [3.8, 4) is 12.1 Å². The Hall–Kier alpha value is -4.10. The standard InChI is InChI=1S/C23H21F2N5O5S/c1-2-35-23(32)18-11-16(13-27)21(28-19(18)20(24)25)30-9-7-15(8-10-30)22(31)29-36(33,34)17-5-3-14(12-26)4-6-17/h3-6,11,15,20H,2,7-10H2,1H3,(H,29,31). The van der Waals surface area contributed by atoms with E-state index in [1.807, 2.05) is 16.9 Å². The fourth-order valence-electron chi connectivity index (χ4n) is 3.72. The molecule has 188 valence electrons. The van der Waals surface area contributed by atoms with Crippen molar-refractivity contribution in [3.05, 3.63) is 52.7 Å². The summed E-state index contributed by atoms with van der Waals surface area (Å²) in [5.74, 6) is -2.47. The van der Waals surface area contributed by atoms with Crippen LogP contribution in [0.2, 0.25) is 0 Å². The topological polar surface area (TPSA) is 153 Å². The lowest BCUT2D eigenvalue weighted by Crippen LogP contribution is -2.43. The molecule has 13 heteroatoms. The minimum absolute atomic E-state index is 0.0401. The Morgan fingerprint density at radius 3 is 2.36 bits per heavy atom. The Morgan fingerprint density at radius 2 is 1.83 bits per heavy atom. The van der Waals surface area contributed by atoms with Gasteiger partial charge in [-0.2, -0.15) is 10.5 Å². The molecule has 10 nitrogen and oxygen atoms in total. The molecule has 0 spiro atoms. The van der Waals surface area contributed by atoms with Gasteiger partial charge in [-0.15, -0.1) is 0 Å². The summed E-state index contributed by atoms with van der Waals surface area (Å²) in [4.78, 5) is 29.9. The van der Waals surface area contributed by atoms with Crippen molar-refractivity contribution >= 4 is 27.7 Å². The molecule has 0 radical (unpaired) electrons. The molecule has 1 amide bonds. The van der Waals surface area contributed by atoms with Gasteiger partial charge in [0.1, 0.15) is 17.6 Å². The van der Waals surface area contributed by atoms with Crippen LogP contribution in [-0.4, -0.2) is 45.0 Å². The molecule has 1 N–H and O–H groups in total. The molecule has 3 rings (SSSR count). The number of benzene rings is 1. The maximum absolute atomic E-state index is 13.6. The van der Waals surface area contributed by atoms with Gasteiger partial charge in [0.25, 0.3) is 16.4 Å². The molecule has 1 aromatic heterocycles. The molecule has 0 unspecified atom stereocenters. The number of ether oxygens (including phenoxy) is 1. The minimum atomic E-state index is -4.15. The maximum Gasteiger partial charge on any atom is 0.340 e. The number of nitrogens with one attached hydrogen (secondary N) is 1. The quantitative estimate of drug-likeness (QED) is 0.546. The molecule has 1 aromatic carbocycles. The largest absolute Gasteiger partial charge is 0.462 e. The number of sulfonamides is 1. The Labute approximate surface area is 206 Å². The number of hydrogen-bond acceptors (Lipinski definition) is 9. The number of aromatic nitrogens is 1. The number of carbonyl (C=O) groups excluding carboxylic acids is 2. The molecule has 0 bridgehead atoms. The second-order valence-electron chi connectivity index (χ2n) is 7.79. The number of pyridine rings is 1. The summed E-state index contributed by atoms with van der Waals surface area (Å²) in [6.07, 6.45) is -2.75. The lowest BCUT2D eigenvalue weighted by Gasteiger charge is -2.32. The number of amides is 1. The van der Waals surface area contributed by atoms with Gasteiger partial charge in [0.2, 0.25) is 5.91 Å². The Balaban J connectivity index is 1.74. The van der Waals surface area contributed by atoms with Crippen molar-refractivity contribution in [2.24, 2.45) is 5.92 Å². The van der Waals surface area contributed by atoms with Gasteiger partial charge >= 0.3 is 5.97 Å². The van der Waals surface area contributed by atoms with E-state index in [-0.39, 0.29) is 54.4 Å². The van der Waals surface area contributed by atoms with E-state index in [9.17, 15) is 32.0 Å². The van der Waals surface area contributed by atoms with Crippen molar-refractivity contribution in [3.63, 3.8) is 0 Å². The fraction of sp³-hybridized carbons (Fsp3) is 0.348. The molecule has 2 heterocycles. The first kappa shape index (κ1) is 26.5. The van der Waals surface area contributed by atoms with Gasteiger partial charge in [0.05, 0.1) is 34.3 Å². The number of halogens is 2. The zero-order valence-electron chi connectivity index (χ0n) is 19.1. The van der Waals surface area contributed by atoms with E-state index in [2.05, 4.69) is 4.98 Å². The number of hydrogen-bond donors (Lipinski definition) is 1. The Morgan fingerprint density at radius 1 is 1.19 bits per heavy atom. The van der Waals surface area contributed by atoms with Crippen LogP contribution in [0.25, 0.3) is 0 Å². The normalized spacial score (nSPS) is 14.1. The van der Waals surface area contributed by atoms with Crippen molar-refractivity contribution in [2.75, 3.05) is 24.6 Å². The average molecular weight is 518 g/mol. The highest BCUT2D eigenvalue weighted by Crippen LogP contribution is 2.30. The Bertz CT molecular complexity index is 1340. The van der Waals surface area contributed by atoms with E-state index in [0.29, 0.717) is 0 Å². The molecule has 1 aliphatic rings.